The average Bonchev–Trinajstić information content (AvgIpc) is 2.38. The molecule has 19 heavy (non-hydrogen) atoms. The fourth-order valence-electron chi connectivity index (χ4n) is 1.97. The van der Waals surface area contributed by atoms with Crippen molar-refractivity contribution in [3.63, 3.8) is 0 Å². The van der Waals surface area contributed by atoms with Crippen LogP contribution >= 0.6 is 11.6 Å². The van der Waals surface area contributed by atoms with Crippen molar-refractivity contribution in [2.24, 2.45) is 5.73 Å². The molecule has 6 heteroatoms. The molecule has 1 atom stereocenters. The number of morpholine rings is 1. The first kappa shape index (κ1) is 14.1. The second kappa shape index (κ2) is 6.75. The van der Waals surface area contributed by atoms with Crippen molar-refractivity contribution < 1.29 is 14.3 Å². The highest BCUT2D eigenvalue weighted by Crippen LogP contribution is 2.16. The van der Waals surface area contributed by atoms with E-state index in [2.05, 4.69) is 0 Å². The Kier molecular flexibility index (Phi) is 5.01. The molecule has 0 aliphatic carbocycles. The molecule has 1 aliphatic heterocycles. The molecule has 2 N–H and O–H groups in total. The normalized spacial score (nSPS) is 20.2. The van der Waals surface area contributed by atoms with Crippen molar-refractivity contribution in [2.45, 2.75) is 6.10 Å². The Balaban J connectivity index is 1.79. The van der Waals surface area contributed by atoms with Gasteiger partial charge >= 0.3 is 0 Å². The average molecular weight is 285 g/mol. The van der Waals surface area contributed by atoms with Crippen LogP contribution in [-0.4, -0.2) is 49.8 Å². The minimum absolute atomic E-state index is 0.0521. The quantitative estimate of drug-likeness (QED) is 0.873. The van der Waals surface area contributed by atoms with Crippen LogP contribution < -0.4 is 10.5 Å². The van der Waals surface area contributed by atoms with Crippen LogP contribution in [0.4, 0.5) is 0 Å². The lowest BCUT2D eigenvalue weighted by molar-refractivity contribution is -0.121. The summed E-state index contributed by atoms with van der Waals surface area (Å²) in [5, 5.41) is 0.675. The Hall–Kier alpha value is -1.30. The van der Waals surface area contributed by atoms with Crippen LogP contribution in [-0.2, 0) is 9.53 Å². The highest BCUT2D eigenvalue weighted by molar-refractivity contribution is 6.30. The van der Waals surface area contributed by atoms with Crippen molar-refractivity contribution in [1.82, 2.24) is 4.90 Å². The molecule has 2 rings (SSSR count). The van der Waals surface area contributed by atoms with Crippen molar-refractivity contribution >= 4 is 17.5 Å². The summed E-state index contributed by atoms with van der Waals surface area (Å²) in [5.74, 6) is 0.430. The maximum Gasteiger partial charge on any atom is 0.231 e. The zero-order valence-corrected chi connectivity index (χ0v) is 11.3. The van der Waals surface area contributed by atoms with Crippen molar-refractivity contribution in [3.05, 3.63) is 29.3 Å². The minimum Gasteiger partial charge on any atom is -0.491 e. The molecule has 1 saturated heterocycles. The number of halogens is 1. The number of hydrogen-bond acceptors (Lipinski definition) is 4. The zero-order chi connectivity index (χ0) is 13.7. The van der Waals surface area contributed by atoms with Crippen molar-refractivity contribution in [1.29, 1.82) is 0 Å². The Morgan fingerprint density at radius 3 is 2.89 bits per heavy atom. The van der Waals surface area contributed by atoms with Gasteiger partial charge in [-0.05, 0) is 24.3 Å². The van der Waals surface area contributed by atoms with E-state index in [-0.39, 0.29) is 18.6 Å². The number of hydrogen-bond donors (Lipinski definition) is 1. The Morgan fingerprint density at radius 1 is 1.47 bits per heavy atom. The number of carbonyl (C=O) groups is 1. The fourth-order valence-corrected chi connectivity index (χ4v) is 2.09. The summed E-state index contributed by atoms with van der Waals surface area (Å²) in [5.41, 5.74) is 5.18. The largest absolute Gasteiger partial charge is 0.491 e. The molecule has 1 aliphatic rings. The zero-order valence-electron chi connectivity index (χ0n) is 10.5. The third kappa shape index (κ3) is 4.70. The maximum atomic E-state index is 10.9. The topological polar surface area (TPSA) is 64.8 Å². The molecular formula is C13H17ClN2O3. The van der Waals surface area contributed by atoms with Gasteiger partial charge in [0.05, 0.1) is 13.2 Å². The maximum absolute atomic E-state index is 10.9. The molecular weight excluding hydrogens is 268 g/mol. The van der Waals surface area contributed by atoms with Crippen LogP contribution in [0.15, 0.2) is 24.3 Å². The smallest absolute Gasteiger partial charge is 0.231 e. The van der Waals surface area contributed by atoms with Crippen LogP contribution in [0.5, 0.6) is 5.75 Å². The number of carbonyl (C=O) groups excluding carboxylic acids is 1. The second-order valence-corrected chi connectivity index (χ2v) is 4.90. The molecule has 1 aromatic carbocycles. The lowest BCUT2D eigenvalue weighted by Gasteiger charge is -2.31. The number of amides is 1. The first-order valence-corrected chi connectivity index (χ1v) is 6.52. The summed E-state index contributed by atoms with van der Waals surface area (Å²) in [7, 11) is 0. The molecule has 1 amide bonds. The van der Waals surface area contributed by atoms with Gasteiger partial charge < -0.3 is 15.2 Å². The molecule has 0 aromatic heterocycles. The summed E-state index contributed by atoms with van der Waals surface area (Å²) >= 11 is 5.80. The highest BCUT2D eigenvalue weighted by Gasteiger charge is 2.21. The second-order valence-electron chi connectivity index (χ2n) is 4.46. The first-order valence-electron chi connectivity index (χ1n) is 6.14. The molecule has 0 saturated carbocycles. The molecule has 1 aromatic rings. The molecule has 0 unspecified atom stereocenters. The number of nitrogens with two attached hydrogens (primary N) is 1. The summed E-state index contributed by atoms with van der Waals surface area (Å²) in [6.45, 7) is 2.66. The lowest BCUT2D eigenvalue weighted by atomic mass is 10.3. The van der Waals surface area contributed by atoms with E-state index in [0.717, 1.165) is 12.3 Å². The third-order valence-electron chi connectivity index (χ3n) is 2.85. The number of benzene rings is 1. The van der Waals surface area contributed by atoms with Gasteiger partial charge in [0.2, 0.25) is 5.91 Å². The molecule has 5 nitrogen and oxygen atoms in total. The van der Waals surface area contributed by atoms with Gasteiger partial charge in [0.15, 0.2) is 0 Å². The van der Waals surface area contributed by atoms with Gasteiger partial charge in [-0.2, -0.15) is 0 Å². The number of rotatable bonds is 5. The van der Waals surface area contributed by atoms with E-state index in [4.69, 9.17) is 26.8 Å². The van der Waals surface area contributed by atoms with Crippen LogP contribution in [0.2, 0.25) is 5.02 Å². The predicted octanol–water partition coefficient (Wildman–Crippen LogP) is 0.905. The van der Waals surface area contributed by atoms with Crippen LogP contribution in [0, 0.1) is 0 Å². The van der Waals surface area contributed by atoms with Gasteiger partial charge in [0.1, 0.15) is 18.5 Å². The predicted molar refractivity (Wildman–Crippen MR) is 72.3 cm³/mol. The van der Waals surface area contributed by atoms with E-state index >= 15 is 0 Å². The molecule has 1 heterocycles. The summed E-state index contributed by atoms with van der Waals surface area (Å²) in [6, 6.07) is 7.18. The monoisotopic (exact) mass is 284 g/mol. The van der Waals surface area contributed by atoms with Crippen LogP contribution in [0.3, 0.4) is 0 Å². The van der Waals surface area contributed by atoms with Gasteiger partial charge in [-0.1, -0.05) is 11.6 Å². The Labute approximate surface area is 117 Å². The summed E-state index contributed by atoms with van der Waals surface area (Å²) in [4.78, 5) is 12.9. The fraction of sp³-hybridized carbons (Fsp3) is 0.462. The lowest BCUT2D eigenvalue weighted by Crippen LogP contribution is -2.47. The van der Waals surface area contributed by atoms with Crippen LogP contribution in [0.1, 0.15) is 0 Å². The van der Waals surface area contributed by atoms with Gasteiger partial charge in [-0.3, -0.25) is 9.69 Å². The Bertz CT molecular complexity index is 424. The van der Waals surface area contributed by atoms with E-state index in [1.807, 2.05) is 17.0 Å². The number of ether oxygens (including phenoxy) is 2. The third-order valence-corrected chi connectivity index (χ3v) is 3.10. The van der Waals surface area contributed by atoms with E-state index in [1.54, 1.807) is 12.1 Å². The van der Waals surface area contributed by atoms with E-state index in [1.165, 1.54) is 0 Å². The number of nitrogens with zero attached hydrogens (tertiary/aromatic N) is 1. The van der Waals surface area contributed by atoms with E-state index in [9.17, 15) is 4.79 Å². The standard InChI is InChI=1S/C13H17ClN2O3/c14-10-1-3-11(4-2-10)19-9-12-7-16(5-6-18-12)8-13(15)17/h1-4,12H,5-9H2,(H2,15,17)/t12-/m1/s1. The molecule has 104 valence electrons. The molecule has 0 radical (unpaired) electrons. The van der Waals surface area contributed by atoms with E-state index < -0.39 is 0 Å². The Morgan fingerprint density at radius 2 is 2.21 bits per heavy atom. The van der Waals surface area contributed by atoms with Crippen LogP contribution in [0.25, 0.3) is 0 Å². The first-order chi connectivity index (χ1) is 9.13. The number of primary amides is 1. The van der Waals surface area contributed by atoms with Gasteiger partial charge in [-0.15, -0.1) is 0 Å². The highest BCUT2D eigenvalue weighted by atomic mass is 35.5. The van der Waals surface area contributed by atoms with Gasteiger partial charge in [0.25, 0.3) is 0 Å². The SMILES string of the molecule is NC(=O)CN1CCO[C@@H](COc2ccc(Cl)cc2)C1. The molecule has 0 spiro atoms. The van der Waals surface area contributed by atoms with E-state index in [0.29, 0.717) is 24.8 Å². The van der Waals surface area contributed by atoms with Crippen molar-refractivity contribution in [2.75, 3.05) is 32.8 Å². The van der Waals surface area contributed by atoms with Crippen molar-refractivity contribution in [3.8, 4) is 5.75 Å². The minimum atomic E-state index is -0.320. The summed E-state index contributed by atoms with van der Waals surface area (Å²) in [6.07, 6.45) is -0.0521. The molecule has 1 fully saturated rings. The summed E-state index contributed by atoms with van der Waals surface area (Å²) < 4.78 is 11.2. The molecule has 0 bridgehead atoms. The van der Waals surface area contributed by atoms with Gasteiger partial charge in [0, 0.05) is 18.1 Å². The van der Waals surface area contributed by atoms with Gasteiger partial charge in [-0.25, -0.2) is 0 Å².